The van der Waals surface area contributed by atoms with E-state index in [4.69, 9.17) is 0 Å². The molecule has 0 aliphatic carbocycles. The number of hydrogen-bond acceptors (Lipinski definition) is 1. The van der Waals surface area contributed by atoms with E-state index in [-0.39, 0.29) is 5.92 Å². The summed E-state index contributed by atoms with van der Waals surface area (Å²) in [6, 6.07) is 10.0. The molecule has 0 heterocycles. The van der Waals surface area contributed by atoms with Gasteiger partial charge in [0.25, 0.3) is 0 Å². The summed E-state index contributed by atoms with van der Waals surface area (Å²) in [5.74, 6) is 0.0879. The molecule has 0 saturated heterocycles. The Labute approximate surface area is 91.8 Å². The van der Waals surface area contributed by atoms with Gasteiger partial charge in [-0.3, -0.25) is 0 Å². The summed E-state index contributed by atoms with van der Waals surface area (Å²) in [5.41, 5.74) is 2.08. The molecule has 15 heavy (non-hydrogen) atoms. The van der Waals surface area contributed by atoms with E-state index in [1.165, 1.54) is 0 Å². The quantitative estimate of drug-likeness (QED) is 0.743. The van der Waals surface area contributed by atoms with Crippen molar-refractivity contribution in [3.05, 3.63) is 54.1 Å². The summed E-state index contributed by atoms with van der Waals surface area (Å²) < 4.78 is 0. The van der Waals surface area contributed by atoms with Crippen molar-refractivity contribution < 1.29 is 5.11 Å². The van der Waals surface area contributed by atoms with Crippen molar-refractivity contribution in [3.63, 3.8) is 0 Å². The molecule has 1 nitrogen and oxygen atoms in total. The lowest BCUT2D eigenvalue weighted by molar-refractivity contribution is 0.174. The lowest BCUT2D eigenvalue weighted by Gasteiger charge is -2.15. The molecule has 0 saturated carbocycles. The van der Waals surface area contributed by atoms with Crippen LogP contribution in [0.25, 0.3) is 6.08 Å². The summed E-state index contributed by atoms with van der Waals surface area (Å²) in [4.78, 5) is 0. The van der Waals surface area contributed by atoms with Crippen LogP contribution in [0.1, 0.15) is 19.4 Å². The molecule has 2 atom stereocenters. The molecular weight excluding hydrogens is 184 g/mol. The number of hydrogen-bond donors (Lipinski definition) is 1. The molecule has 1 aromatic carbocycles. The molecule has 0 bridgehead atoms. The predicted octanol–water partition coefficient (Wildman–Crippen LogP) is 3.27. The monoisotopic (exact) mass is 202 g/mol. The highest BCUT2D eigenvalue weighted by molar-refractivity contribution is 5.53. The number of aliphatic hydroxyl groups excluding tert-OH is 1. The Hall–Kier alpha value is -1.34. The minimum Gasteiger partial charge on any atom is -0.388 e. The summed E-state index contributed by atoms with van der Waals surface area (Å²) in [6.07, 6.45) is 3.33. The fraction of sp³-hybridized carbons (Fsp3) is 0.286. The van der Waals surface area contributed by atoms with Gasteiger partial charge in [0.05, 0.1) is 6.10 Å². The van der Waals surface area contributed by atoms with Gasteiger partial charge >= 0.3 is 0 Å². The van der Waals surface area contributed by atoms with Gasteiger partial charge in [-0.1, -0.05) is 49.4 Å². The molecule has 0 amide bonds. The first-order valence-electron chi connectivity index (χ1n) is 5.19. The Morgan fingerprint density at radius 2 is 1.93 bits per heavy atom. The van der Waals surface area contributed by atoms with Gasteiger partial charge in [-0.25, -0.2) is 0 Å². The second kappa shape index (κ2) is 5.52. The smallest absolute Gasteiger partial charge is 0.0810 e. The average molecular weight is 202 g/mol. The van der Waals surface area contributed by atoms with Crippen molar-refractivity contribution >= 4 is 6.08 Å². The topological polar surface area (TPSA) is 20.2 Å². The van der Waals surface area contributed by atoms with Crippen LogP contribution >= 0.6 is 0 Å². The van der Waals surface area contributed by atoms with E-state index >= 15 is 0 Å². The van der Waals surface area contributed by atoms with E-state index < -0.39 is 6.10 Å². The SMILES string of the molecule is C=C[C@H](C)[C@@H](O)/C(C)=C/c1ccccc1. The molecule has 0 aliphatic rings. The van der Waals surface area contributed by atoms with Gasteiger partial charge in [-0.05, 0) is 18.1 Å². The van der Waals surface area contributed by atoms with E-state index in [1.807, 2.05) is 50.3 Å². The minimum atomic E-state index is -0.442. The fourth-order valence-corrected chi connectivity index (χ4v) is 1.44. The van der Waals surface area contributed by atoms with Crippen molar-refractivity contribution in [1.29, 1.82) is 0 Å². The fourth-order valence-electron chi connectivity index (χ4n) is 1.44. The summed E-state index contributed by atoms with van der Waals surface area (Å²) in [6.45, 7) is 7.58. The highest BCUT2D eigenvalue weighted by Gasteiger charge is 2.12. The van der Waals surface area contributed by atoms with Crippen molar-refractivity contribution in [1.82, 2.24) is 0 Å². The van der Waals surface area contributed by atoms with Crippen molar-refractivity contribution in [2.45, 2.75) is 20.0 Å². The zero-order valence-electron chi connectivity index (χ0n) is 9.35. The number of aliphatic hydroxyl groups is 1. The Balaban J connectivity index is 2.80. The maximum Gasteiger partial charge on any atom is 0.0810 e. The van der Waals surface area contributed by atoms with Gasteiger partial charge in [0.2, 0.25) is 0 Å². The molecule has 80 valence electrons. The van der Waals surface area contributed by atoms with Crippen molar-refractivity contribution in [2.75, 3.05) is 0 Å². The Morgan fingerprint density at radius 1 is 1.33 bits per heavy atom. The van der Waals surface area contributed by atoms with Crippen LogP contribution in [0.15, 0.2) is 48.6 Å². The Bertz CT molecular complexity index is 338. The van der Waals surface area contributed by atoms with Gasteiger partial charge in [0, 0.05) is 5.92 Å². The predicted molar refractivity (Wildman–Crippen MR) is 65.5 cm³/mol. The molecule has 1 aromatic rings. The first-order valence-corrected chi connectivity index (χ1v) is 5.19. The summed E-state index contributed by atoms with van der Waals surface area (Å²) in [5, 5.41) is 9.91. The molecule has 1 heteroatoms. The highest BCUT2D eigenvalue weighted by Crippen LogP contribution is 2.16. The maximum atomic E-state index is 9.91. The van der Waals surface area contributed by atoms with Gasteiger partial charge in [0.1, 0.15) is 0 Å². The molecule has 0 unspecified atom stereocenters. The molecule has 0 aliphatic heterocycles. The van der Waals surface area contributed by atoms with E-state index in [2.05, 4.69) is 6.58 Å². The Morgan fingerprint density at radius 3 is 2.47 bits per heavy atom. The molecule has 0 radical (unpaired) electrons. The average Bonchev–Trinajstić information content (AvgIpc) is 2.28. The molecule has 1 N–H and O–H groups in total. The lowest BCUT2D eigenvalue weighted by atomic mass is 9.97. The molecule has 0 aromatic heterocycles. The lowest BCUT2D eigenvalue weighted by Crippen LogP contribution is -2.16. The van der Waals surface area contributed by atoms with Gasteiger partial charge in [0.15, 0.2) is 0 Å². The van der Waals surface area contributed by atoms with Gasteiger partial charge in [-0.2, -0.15) is 0 Å². The first-order chi connectivity index (χ1) is 7.15. The maximum absolute atomic E-state index is 9.91. The normalized spacial score (nSPS) is 15.8. The highest BCUT2D eigenvalue weighted by atomic mass is 16.3. The van der Waals surface area contributed by atoms with E-state index in [1.54, 1.807) is 6.08 Å². The van der Waals surface area contributed by atoms with Crippen LogP contribution in [0.3, 0.4) is 0 Å². The zero-order valence-corrected chi connectivity index (χ0v) is 9.35. The third-order valence-corrected chi connectivity index (χ3v) is 2.53. The molecule has 0 fully saturated rings. The van der Waals surface area contributed by atoms with Gasteiger partial charge in [-0.15, -0.1) is 6.58 Å². The van der Waals surface area contributed by atoms with Crippen LogP contribution in [0.5, 0.6) is 0 Å². The molecular formula is C14H18O. The third-order valence-electron chi connectivity index (χ3n) is 2.53. The van der Waals surface area contributed by atoms with Crippen molar-refractivity contribution in [2.24, 2.45) is 5.92 Å². The van der Waals surface area contributed by atoms with Gasteiger partial charge < -0.3 is 5.11 Å². The van der Waals surface area contributed by atoms with Crippen LogP contribution in [0, 0.1) is 5.92 Å². The van der Waals surface area contributed by atoms with E-state index in [9.17, 15) is 5.11 Å². The van der Waals surface area contributed by atoms with Crippen LogP contribution in [-0.4, -0.2) is 11.2 Å². The summed E-state index contributed by atoms with van der Waals surface area (Å²) in [7, 11) is 0. The first kappa shape index (κ1) is 11.7. The van der Waals surface area contributed by atoms with E-state index in [0.717, 1.165) is 11.1 Å². The largest absolute Gasteiger partial charge is 0.388 e. The second-order valence-electron chi connectivity index (χ2n) is 3.84. The van der Waals surface area contributed by atoms with Crippen LogP contribution in [0.4, 0.5) is 0 Å². The second-order valence-corrected chi connectivity index (χ2v) is 3.84. The standard InChI is InChI=1S/C14H18O/c1-4-11(2)14(15)12(3)10-13-8-6-5-7-9-13/h4-11,14-15H,1H2,2-3H3/b12-10+/t11-,14+/m0/s1. The van der Waals surface area contributed by atoms with Crippen LogP contribution < -0.4 is 0 Å². The molecule has 0 spiro atoms. The van der Waals surface area contributed by atoms with Crippen LogP contribution in [-0.2, 0) is 0 Å². The Kier molecular flexibility index (Phi) is 4.32. The van der Waals surface area contributed by atoms with Crippen LogP contribution in [0.2, 0.25) is 0 Å². The zero-order chi connectivity index (χ0) is 11.3. The minimum absolute atomic E-state index is 0.0879. The van der Waals surface area contributed by atoms with E-state index in [0.29, 0.717) is 0 Å². The number of benzene rings is 1. The third kappa shape index (κ3) is 3.37. The summed E-state index contributed by atoms with van der Waals surface area (Å²) >= 11 is 0. The number of rotatable bonds is 4. The molecule has 1 rings (SSSR count). The van der Waals surface area contributed by atoms with Crippen molar-refractivity contribution in [3.8, 4) is 0 Å².